The van der Waals surface area contributed by atoms with E-state index in [-0.39, 0.29) is 6.15 Å². The molecule has 16 heavy (non-hydrogen) atoms. The van der Waals surface area contributed by atoms with E-state index in [1.807, 2.05) is 36.4 Å². The van der Waals surface area contributed by atoms with Gasteiger partial charge in [-0.3, -0.25) is 0 Å². The zero-order valence-corrected chi connectivity index (χ0v) is 9.30. The fourth-order valence-corrected chi connectivity index (χ4v) is 1.44. The average molecular weight is 215 g/mol. The van der Waals surface area contributed by atoms with E-state index in [0.29, 0.717) is 13.2 Å². The summed E-state index contributed by atoms with van der Waals surface area (Å²) in [7, 11) is 0. The van der Waals surface area contributed by atoms with E-state index in [0.717, 1.165) is 0 Å². The van der Waals surface area contributed by atoms with Crippen LogP contribution in [0.4, 0.5) is 0 Å². The van der Waals surface area contributed by atoms with Crippen LogP contribution in [0.3, 0.4) is 0 Å². The first-order valence-corrected chi connectivity index (χ1v) is 5.11. The molecule has 0 heterocycles. The quantitative estimate of drug-likeness (QED) is 0.847. The first-order valence-electron chi connectivity index (χ1n) is 5.11. The Labute approximate surface area is 96.5 Å². The third kappa shape index (κ3) is 3.85. The molecule has 2 aromatic carbocycles. The van der Waals surface area contributed by atoms with E-state index in [9.17, 15) is 0 Å². The third-order valence-corrected chi connectivity index (χ3v) is 2.22. The van der Waals surface area contributed by atoms with Crippen LogP contribution in [0.5, 0.6) is 0 Å². The van der Waals surface area contributed by atoms with E-state index >= 15 is 0 Å². The van der Waals surface area contributed by atoms with Crippen molar-refractivity contribution in [3.8, 4) is 0 Å². The summed E-state index contributed by atoms with van der Waals surface area (Å²) in [5.74, 6) is 0. The van der Waals surface area contributed by atoms with Gasteiger partial charge in [0, 0.05) is 0 Å². The maximum Gasteiger partial charge on any atom is 0.0721 e. The SMILES string of the molecule is N.c1ccc(COCc2ccccc2)cc1. The first-order chi connectivity index (χ1) is 7.45. The molecule has 0 bridgehead atoms. The van der Waals surface area contributed by atoms with Crippen LogP contribution in [0, 0.1) is 0 Å². The van der Waals surface area contributed by atoms with Gasteiger partial charge in [-0.15, -0.1) is 0 Å². The molecule has 3 N–H and O–H groups in total. The Kier molecular flexibility index (Phi) is 5.26. The van der Waals surface area contributed by atoms with Crippen molar-refractivity contribution in [2.24, 2.45) is 0 Å². The summed E-state index contributed by atoms with van der Waals surface area (Å²) in [5.41, 5.74) is 2.43. The summed E-state index contributed by atoms with van der Waals surface area (Å²) in [6.45, 7) is 1.35. The predicted octanol–water partition coefficient (Wildman–Crippen LogP) is 3.57. The van der Waals surface area contributed by atoms with Crippen LogP contribution in [0.1, 0.15) is 11.1 Å². The standard InChI is InChI=1S/C14H14O.H3N/c1-3-7-13(8-4-1)11-15-12-14-9-5-2-6-10-14;/h1-10H,11-12H2;1H3. The Balaban J connectivity index is 0.00000128. The van der Waals surface area contributed by atoms with Crippen molar-refractivity contribution in [1.29, 1.82) is 0 Å². The summed E-state index contributed by atoms with van der Waals surface area (Å²) in [5, 5.41) is 0. The zero-order valence-electron chi connectivity index (χ0n) is 9.30. The van der Waals surface area contributed by atoms with E-state index in [4.69, 9.17) is 4.74 Å². The second kappa shape index (κ2) is 6.77. The van der Waals surface area contributed by atoms with Gasteiger partial charge < -0.3 is 10.9 Å². The molecular weight excluding hydrogens is 198 g/mol. The number of ether oxygens (including phenoxy) is 1. The first kappa shape index (κ1) is 12.4. The van der Waals surface area contributed by atoms with Gasteiger partial charge in [-0.2, -0.15) is 0 Å². The highest BCUT2D eigenvalue weighted by Crippen LogP contribution is 2.05. The van der Waals surface area contributed by atoms with Crippen molar-refractivity contribution in [3.63, 3.8) is 0 Å². The van der Waals surface area contributed by atoms with Gasteiger partial charge in [-0.1, -0.05) is 60.7 Å². The van der Waals surface area contributed by atoms with Gasteiger partial charge in [-0.25, -0.2) is 0 Å². The van der Waals surface area contributed by atoms with Gasteiger partial charge in [-0.05, 0) is 11.1 Å². The molecule has 0 aliphatic rings. The van der Waals surface area contributed by atoms with E-state index < -0.39 is 0 Å². The molecule has 2 heteroatoms. The number of hydrogen-bond donors (Lipinski definition) is 1. The highest BCUT2D eigenvalue weighted by atomic mass is 16.5. The van der Waals surface area contributed by atoms with Crippen molar-refractivity contribution in [1.82, 2.24) is 6.15 Å². The van der Waals surface area contributed by atoms with Crippen molar-refractivity contribution in [2.75, 3.05) is 0 Å². The lowest BCUT2D eigenvalue weighted by molar-refractivity contribution is 0.107. The van der Waals surface area contributed by atoms with Gasteiger partial charge in [0.05, 0.1) is 13.2 Å². The normalized spacial score (nSPS) is 9.50. The Morgan fingerprint density at radius 3 is 1.38 bits per heavy atom. The summed E-state index contributed by atoms with van der Waals surface area (Å²) in [6.07, 6.45) is 0. The molecule has 2 aromatic rings. The lowest BCUT2D eigenvalue weighted by Gasteiger charge is -2.03. The molecule has 0 atom stereocenters. The van der Waals surface area contributed by atoms with E-state index in [1.165, 1.54) is 11.1 Å². The minimum atomic E-state index is 0. The Morgan fingerprint density at radius 2 is 1.00 bits per heavy atom. The zero-order chi connectivity index (χ0) is 10.3. The van der Waals surface area contributed by atoms with Gasteiger partial charge in [0.25, 0.3) is 0 Å². The summed E-state index contributed by atoms with van der Waals surface area (Å²) in [4.78, 5) is 0. The minimum Gasteiger partial charge on any atom is -0.372 e. The van der Waals surface area contributed by atoms with Crippen LogP contribution < -0.4 is 6.15 Å². The summed E-state index contributed by atoms with van der Waals surface area (Å²) >= 11 is 0. The summed E-state index contributed by atoms with van der Waals surface area (Å²) < 4.78 is 5.61. The lowest BCUT2D eigenvalue weighted by Crippen LogP contribution is -1.93. The smallest absolute Gasteiger partial charge is 0.0721 e. The van der Waals surface area contributed by atoms with Gasteiger partial charge in [0.15, 0.2) is 0 Å². The van der Waals surface area contributed by atoms with Crippen molar-refractivity contribution in [3.05, 3.63) is 71.8 Å². The summed E-state index contributed by atoms with van der Waals surface area (Å²) in [6, 6.07) is 20.4. The number of benzene rings is 2. The van der Waals surface area contributed by atoms with Crippen LogP contribution in [-0.4, -0.2) is 0 Å². The van der Waals surface area contributed by atoms with Gasteiger partial charge in [0.2, 0.25) is 0 Å². The third-order valence-electron chi connectivity index (χ3n) is 2.22. The number of hydrogen-bond acceptors (Lipinski definition) is 2. The Morgan fingerprint density at radius 1 is 0.625 bits per heavy atom. The Hall–Kier alpha value is -1.64. The van der Waals surface area contributed by atoms with Gasteiger partial charge >= 0.3 is 0 Å². The molecule has 0 aliphatic carbocycles. The fourth-order valence-electron chi connectivity index (χ4n) is 1.44. The molecule has 0 amide bonds. The highest BCUT2D eigenvalue weighted by Gasteiger charge is 1.93. The molecule has 0 aromatic heterocycles. The van der Waals surface area contributed by atoms with Crippen LogP contribution in [0.25, 0.3) is 0 Å². The topological polar surface area (TPSA) is 44.2 Å². The molecular formula is C14H17NO. The molecule has 0 radical (unpaired) electrons. The number of rotatable bonds is 4. The maximum absolute atomic E-state index is 5.61. The van der Waals surface area contributed by atoms with Crippen LogP contribution in [-0.2, 0) is 18.0 Å². The van der Waals surface area contributed by atoms with E-state index in [1.54, 1.807) is 0 Å². The maximum atomic E-state index is 5.61. The van der Waals surface area contributed by atoms with Crippen LogP contribution in [0.15, 0.2) is 60.7 Å². The largest absolute Gasteiger partial charge is 0.372 e. The van der Waals surface area contributed by atoms with Crippen molar-refractivity contribution in [2.45, 2.75) is 13.2 Å². The molecule has 0 unspecified atom stereocenters. The molecule has 0 fully saturated rings. The molecule has 0 spiro atoms. The lowest BCUT2D eigenvalue weighted by atomic mass is 10.2. The van der Waals surface area contributed by atoms with Crippen LogP contribution in [0.2, 0.25) is 0 Å². The van der Waals surface area contributed by atoms with Crippen molar-refractivity contribution >= 4 is 0 Å². The molecule has 0 saturated heterocycles. The Bertz CT molecular complexity index is 346. The molecule has 0 saturated carbocycles. The van der Waals surface area contributed by atoms with Crippen LogP contribution >= 0.6 is 0 Å². The molecule has 2 rings (SSSR count). The second-order valence-electron chi connectivity index (χ2n) is 3.46. The van der Waals surface area contributed by atoms with Crippen molar-refractivity contribution < 1.29 is 4.74 Å². The second-order valence-corrected chi connectivity index (χ2v) is 3.46. The molecule has 2 nitrogen and oxygen atoms in total. The highest BCUT2D eigenvalue weighted by molar-refractivity contribution is 5.15. The molecule has 0 aliphatic heterocycles. The molecule has 84 valence electrons. The average Bonchev–Trinajstić information content (AvgIpc) is 2.32. The minimum absolute atomic E-state index is 0. The van der Waals surface area contributed by atoms with E-state index in [2.05, 4.69) is 24.3 Å². The van der Waals surface area contributed by atoms with Gasteiger partial charge in [0.1, 0.15) is 0 Å². The fraction of sp³-hybridized carbons (Fsp3) is 0.143. The predicted molar refractivity (Wildman–Crippen MR) is 66.4 cm³/mol. The monoisotopic (exact) mass is 215 g/mol.